The molecular weight excluding hydrogens is 456 g/mol. The highest BCUT2D eigenvalue weighted by molar-refractivity contribution is 5.55. The number of nitriles is 1. The van der Waals surface area contributed by atoms with Crippen LogP contribution in [0, 0.1) is 25.2 Å². The Bertz CT molecular complexity index is 1670. The summed E-state index contributed by atoms with van der Waals surface area (Å²) in [6, 6.07) is 8.98. The molecule has 36 heavy (non-hydrogen) atoms. The van der Waals surface area contributed by atoms with Crippen LogP contribution >= 0.6 is 0 Å². The van der Waals surface area contributed by atoms with E-state index in [0.717, 1.165) is 32.5 Å². The Hall–Kier alpha value is -4.78. The van der Waals surface area contributed by atoms with E-state index in [1.54, 1.807) is 29.1 Å². The second kappa shape index (κ2) is 9.11. The number of hydrogen-bond acceptors (Lipinski definition) is 7. The van der Waals surface area contributed by atoms with E-state index in [4.69, 9.17) is 0 Å². The van der Waals surface area contributed by atoms with Crippen LogP contribution < -0.4 is 16.7 Å². The van der Waals surface area contributed by atoms with Crippen molar-refractivity contribution < 1.29 is 0 Å². The normalized spacial score (nSPS) is 14.3. The predicted molar refractivity (Wildman–Crippen MR) is 135 cm³/mol. The molecule has 3 heterocycles. The van der Waals surface area contributed by atoms with E-state index in [9.17, 15) is 14.9 Å². The number of rotatable bonds is 5. The SMILES string of the molecule is Cc1cncc(-n2c(=O)nc(NC3C=Cc4nn(C)cc4C3)n(Cc3cc(C#N)ccc3C)c2=O)c1. The molecule has 10 heteroatoms. The van der Waals surface area contributed by atoms with E-state index in [0.29, 0.717) is 17.7 Å². The molecule has 1 aliphatic carbocycles. The number of nitrogens with one attached hydrogen (secondary N) is 1. The summed E-state index contributed by atoms with van der Waals surface area (Å²) in [7, 11) is 1.87. The highest BCUT2D eigenvalue weighted by Gasteiger charge is 2.21. The predicted octanol–water partition coefficient (Wildman–Crippen LogP) is 2.11. The largest absolute Gasteiger partial charge is 0.359 e. The van der Waals surface area contributed by atoms with Crippen molar-refractivity contribution in [2.45, 2.75) is 32.9 Å². The molecule has 1 N–H and O–H groups in total. The van der Waals surface area contributed by atoms with E-state index < -0.39 is 11.4 Å². The second-order valence-electron chi connectivity index (χ2n) is 8.92. The Morgan fingerprint density at radius 2 is 2.03 bits per heavy atom. The lowest BCUT2D eigenvalue weighted by Crippen LogP contribution is -2.43. The topological polar surface area (TPSA) is 123 Å². The quantitative estimate of drug-likeness (QED) is 0.464. The number of hydrogen-bond donors (Lipinski definition) is 1. The van der Waals surface area contributed by atoms with Crippen LogP contribution in [0.1, 0.15) is 33.5 Å². The van der Waals surface area contributed by atoms with Gasteiger partial charge < -0.3 is 5.32 Å². The van der Waals surface area contributed by atoms with Crippen molar-refractivity contribution >= 4 is 12.0 Å². The molecule has 180 valence electrons. The number of aryl methyl sites for hydroxylation is 3. The molecule has 0 bridgehead atoms. The summed E-state index contributed by atoms with van der Waals surface area (Å²) in [5, 5.41) is 17.1. The Labute approximate surface area is 206 Å². The first-order valence-electron chi connectivity index (χ1n) is 11.4. The summed E-state index contributed by atoms with van der Waals surface area (Å²) in [6.45, 7) is 3.88. The van der Waals surface area contributed by atoms with Crippen LogP contribution in [0.4, 0.5) is 5.95 Å². The van der Waals surface area contributed by atoms with Crippen molar-refractivity contribution in [2.75, 3.05) is 5.32 Å². The number of fused-ring (bicyclic) bond motifs is 1. The summed E-state index contributed by atoms with van der Waals surface area (Å²) in [6.07, 6.45) is 9.55. The van der Waals surface area contributed by atoms with Crippen LogP contribution in [-0.4, -0.2) is 34.9 Å². The molecule has 1 aliphatic rings. The van der Waals surface area contributed by atoms with Crippen molar-refractivity contribution in [3.8, 4) is 11.8 Å². The second-order valence-corrected chi connectivity index (χ2v) is 8.92. The molecule has 1 unspecified atom stereocenters. The molecular formula is C26H24N8O2. The van der Waals surface area contributed by atoms with Gasteiger partial charge in [-0.1, -0.05) is 12.1 Å². The minimum Gasteiger partial charge on any atom is -0.349 e. The summed E-state index contributed by atoms with van der Waals surface area (Å²) in [5.41, 5.74) is 4.05. The highest BCUT2D eigenvalue weighted by atomic mass is 16.2. The minimum atomic E-state index is -0.699. The standard InChI is InChI=1S/C26H24N8O2/c1-16-8-22(13-28-12-16)34-25(35)30-24(29-21-6-7-23-20(10-21)14-32(3)31-23)33(26(34)36)15-19-9-18(11-27)5-4-17(19)2/h4-9,12-14,21H,10,15H2,1-3H3,(H,29,30,35). The van der Waals surface area contributed by atoms with Crippen molar-refractivity contribution in [2.24, 2.45) is 7.05 Å². The molecule has 5 rings (SSSR count). The molecule has 0 amide bonds. The molecule has 0 saturated heterocycles. The Kier molecular flexibility index (Phi) is 5.82. The van der Waals surface area contributed by atoms with Gasteiger partial charge in [-0.25, -0.2) is 14.2 Å². The van der Waals surface area contributed by atoms with Gasteiger partial charge in [0.05, 0.1) is 41.8 Å². The van der Waals surface area contributed by atoms with Gasteiger partial charge >= 0.3 is 11.4 Å². The van der Waals surface area contributed by atoms with Gasteiger partial charge in [-0.05, 0) is 66.8 Å². The van der Waals surface area contributed by atoms with Gasteiger partial charge in [0.1, 0.15) is 0 Å². The molecule has 1 aromatic carbocycles. The highest BCUT2D eigenvalue weighted by Crippen LogP contribution is 2.20. The molecule has 0 radical (unpaired) electrons. The van der Waals surface area contributed by atoms with E-state index in [2.05, 4.69) is 26.5 Å². The van der Waals surface area contributed by atoms with Crippen molar-refractivity contribution in [3.05, 3.63) is 103 Å². The molecule has 3 aromatic heterocycles. The van der Waals surface area contributed by atoms with E-state index in [-0.39, 0.29) is 18.5 Å². The van der Waals surface area contributed by atoms with Crippen LogP contribution in [0.3, 0.4) is 0 Å². The number of nitrogens with zero attached hydrogens (tertiary/aromatic N) is 7. The van der Waals surface area contributed by atoms with Gasteiger partial charge in [-0.3, -0.25) is 14.2 Å². The number of benzene rings is 1. The summed E-state index contributed by atoms with van der Waals surface area (Å²) in [4.78, 5) is 35.2. The van der Waals surface area contributed by atoms with E-state index >= 15 is 0 Å². The zero-order valence-electron chi connectivity index (χ0n) is 20.1. The average Bonchev–Trinajstić information content (AvgIpc) is 3.22. The van der Waals surface area contributed by atoms with Crippen LogP contribution in [0.5, 0.6) is 0 Å². The van der Waals surface area contributed by atoms with E-state index in [1.165, 1.54) is 10.8 Å². The van der Waals surface area contributed by atoms with Crippen LogP contribution in [0.2, 0.25) is 0 Å². The third-order valence-corrected chi connectivity index (χ3v) is 6.17. The van der Waals surface area contributed by atoms with Gasteiger partial charge in [0.25, 0.3) is 0 Å². The maximum atomic E-state index is 13.8. The van der Waals surface area contributed by atoms with E-state index in [1.807, 2.05) is 45.3 Å². The maximum Gasteiger partial charge on any atom is 0.359 e. The smallest absolute Gasteiger partial charge is 0.349 e. The lowest BCUT2D eigenvalue weighted by molar-refractivity contribution is 0.642. The van der Waals surface area contributed by atoms with Crippen LogP contribution in [-0.2, 0) is 20.0 Å². The number of aromatic nitrogens is 6. The molecule has 10 nitrogen and oxygen atoms in total. The van der Waals surface area contributed by atoms with Gasteiger partial charge in [0, 0.05) is 19.4 Å². The number of anilines is 1. The van der Waals surface area contributed by atoms with Gasteiger partial charge in [0.2, 0.25) is 5.95 Å². The molecule has 0 fully saturated rings. The maximum absolute atomic E-state index is 13.8. The Balaban J connectivity index is 1.61. The minimum absolute atomic E-state index is 0.129. The fourth-order valence-corrected chi connectivity index (χ4v) is 4.34. The lowest BCUT2D eigenvalue weighted by atomic mass is 10.0. The van der Waals surface area contributed by atoms with Crippen LogP contribution in [0.25, 0.3) is 11.8 Å². The lowest BCUT2D eigenvalue weighted by Gasteiger charge is -2.22. The van der Waals surface area contributed by atoms with Gasteiger partial charge in [-0.2, -0.15) is 15.3 Å². The van der Waals surface area contributed by atoms with Crippen molar-refractivity contribution in [1.29, 1.82) is 5.26 Å². The zero-order chi connectivity index (χ0) is 25.4. The summed E-state index contributed by atoms with van der Waals surface area (Å²) in [5.74, 6) is 0.158. The third-order valence-electron chi connectivity index (χ3n) is 6.17. The zero-order valence-corrected chi connectivity index (χ0v) is 20.1. The first-order chi connectivity index (χ1) is 17.3. The Morgan fingerprint density at radius 1 is 1.19 bits per heavy atom. The van der Waals surface area contributed by atoms with Gasteiger partial charge in [-0.15, -0.1) is 0 Å². The molecule has 0 saturated carbocycles. The average molecular weight is 481 g/mol. The van der Waals surface area contributed by atoms with Crippen molar-refractivity contribution in [1.82, 2.24) is 28.9 Å². The van der Waals surface area contributed by atoms with Gasteiger partial charge in [0.15, 0.2) is 0 Å². The first kappa shape index (κ1) is 23.0. The molecule has 0 spiro atoms. The number of pyridine rings is 1. The Morgan fingerprint density at radius 3 is 2.81 bits per heavy atom. The first-order valence-corrected chi connectivity index (χ1v) is 11.4. The molecule has 1 atom stereocenters. The molecule has 4 aromatic rings. The van der Waals surface area contributed by atoms with Crippen molar-refractivity contribution in [3.63, 3.8) is 0 Å². The fourth-order valence-electron chi connectivity index (χ4n) is 4.34. The monoisotopic (exact) mass is 480 g/mol. The third kappa shape index (κ3) is 4.34. The molecule has 0 aliphatic heterocycles. The fraction of sp³-hybridized carbons (Fsp3) is 0.231. The summed E-state index contributed by atoms with van der Waals surface area (Å²) >= 11 is 0. The summed E-state index contributed by atoms with van der Waals surface area (Å²) < 4.78 is 4.21. The van der Waals surface area contributed by atoms with Crippen LogP contribution in [0.15, 0.2) is 58.5 Å².